The van der Waals surface area contributed by atoms with Gasteiger partial charge >= 0.3 is 0 Å². The number of carbonyl (C=O) groups excluding carboxylic acids is 2. The normalized spacial score (nSPS) is 26.8. The average Bonchev–Trinajstić information content (AvgIpc) is 2.77. The highest BCUT2D eigenvalue weighted by Gasteiger charge is 2.33. The third-order valence-electron chi connectivity index (χ3n) is 3.00. The van der Waals surface area contributed by atoms with Crippen molar-refractivity contribution in [2.24, 2.45) is 0 Å². The summed E-state index contributed by atoms with van der Waals surface area (Å²) in [5.74, 6) is 0.0410. The van der Waals surface area contributed by atoms with Crippen molar-refractivity contribution in [2.45, 2.75) is 25.3 Å². The summed E-state index contributed by atoms with van der Waals surface area (Å²) in [6.45, 7) is 2.23. The molecule has 0 unspecified atom stereocenters. The molecule has 2 aliphatic rings. The quantitative estimate of drug-likeness (QED) is 0.596. The molecule has 5 nitrogen and oxygen atoms in total. The fraction of sp³-hybridized carbons (Fsp3) is 0.800. The van der Waals surface area contributed by atoms with Crippen LogP contribution in [0.3, 0.4) is 0 Å². The van der Waals surface area contributed by atoms with Crippen LogP contribution in [0, 0.1) is 0 Å². The van der Waals surface area contributed by atoms with Gasteiger partial charge in [-0.2, -0.15) is 0 Å². The van der Waals surface area contributed by atoms with Crippen molar-refractivity contribution >= 4 is 12.3 Å². The van der Waals surface area contributed by atoms with Gasteiger partial charge in [0.1, 0.15) is 12.8 Å². The van der Waals surface area contributed by atoms with Crippen LogP contribution in [0.4, 0.5) is 0 Å². The molecular weight excluding hydrogens is 196 g/mol. The summed E-state index contributed by atoms with van der Waals surface area (Å²) in [4.78, 5) is 26.0. The van der Waals surface area contributed by atoms with Crippen LogP contribution < -0.4 is 0 Å². The van der Waals surface area contributed by atoms with Crippen LogP contribution in [0.25, 0.3) is 0 Å². The Labute approximate surface area is 89.0 Å². The number of piperidine rings is 1. The van der Waals surface area contributed by atoms with E-state index in [1.807, 2.05) is 4.90 Å². The number of nitrogens with zero attached hydrogens (tertiary/aromatic N) is 2. The molecule has 0 aromatic rings. The molecule has 2 amide bonds. The van der Waals surface area contributed by atoms with Crippen molar-refractivity contribution in [2.75, 3.05) is 26.4 Å². The average molecular weight is 212 g/mol. The summed E-state index contributed by atoms with van der Waals surface area (Å²) in [5, 5.41) is 0. The number of hydrogen-bond acceptors (Lipinski definition) is 3. The van der Waals surface area contributed by atoms with Crippen LogP contribution in [0.15, 0.2) is 0 Å². The number of amides is 2. The van der Waals surface area contributed by atoms with Gasteiger partial charge in [0.05, 0.1) is 6.61 Å². The SMILES string of the molecule is O=CN1COC[C@H]1C(=O)N1CCCCC1. The molecular formula is C10H16N2O3. The van der Waals surface area contributed by atoms with E-state index in [0.29, 0.717) is 13.0 Å². The van der Waals surface area contributed by atoms with Crippen LogP contribution in [0.2, 0.25) is 0 Å². The first-order valence-electron chi connectivity index (χ1n) is 5.40. The van der Waals surface area contributed by atoms with Gasteiger partial charge in [-0.1, -0.05) is 0 Å². The standard InChI is InChI=1S/C10H16N2O3/c13-7-12-8-15-6-9(12)10(14)11-4-2-1-3-5-11/h7,9H,1-6,8H2/t9-/m0/s1. The summed E-state index contributed by atoms with van der Waals surface area (Å²) in [6, 6.07) is -0.388. The molecule has 2 heterocycles. The molecule has 0 aromatic carbocycles. The van der Waals surface area contributed by atoms with Gasteiger partial charge in [-0.25, -0.2) is 0 Å². The van der Waals surface area contributed by atoms with Crippen LogP contribution in [-0.4, -0.2) is 54.6 Å². The van der Waals surface area contributed by atoms with Gasteiger partial charge in [0.25, 0.3) is 0 Å². The topological polar surface area (TPSA) is 49.9 Å². The Morgan fingerprint density at radius 1 is 1.27 bits per heavy atom. The smallest absolute Gasteiger partial charge is 0.247 e. The lowest BCUT2D eigenvalue weighted by Gasteiger charge is -2.30. The zero-order valence-electron chi connectivity index (χ0n) is 8.72. The molecule has 2 aliphatic heterocycles. The zero-order chi connectivity index (χ0) is 10.7. The Balaban J connectivity index is 1.96. The molecule has 1 atom stereocenters. The van der Waals surface area contributed by atoms with E-state index in [9.17, 15) is 9.59 Å². The Morgan fingerprint density at radius 2 is 2.00 bits per heavy atom. The second kappa shape index (κ2) is 4.61. The van der Waals surface area contributed by atoms with Crippen LogP contribution in [-0.2, 0) is 14.3 Å². The monoisotopic (exact) mass is 212 g/mol. The molecule has 2 fully saturated rings. The maximum absolute atomic E-state index is 12.0. The van der Waals surface area contributed by atoms with E-state index < -0.39 is 0 Å². The summed E-state index contributed by atoms with van der Waals surface area (Å²) in [5.41, 5.74) is 0. The number of likely N-dealkylation sites (tertiary alicyclic amines) is 1. The first kappa shape index (κ1) is 10.4. The summed E-state index contributed by atoms with van der Waals surface area (Å²) < 4.78 is 5.12. The lowest BCUT2D eigenvalue weighted by Crippen LogP contribution is -2.48. The van der Waals surface area contributed by atoms with Gasteiger partial charge < -0.3 is 14.5 Å². The summed E-state index contributed by atoms with van der Waals surface area (Å²) >= 11 is 0. The first-order chi connectivity index (χ1) is 7.33. The lowest BCUT2D eigenvalue weighted by atomic mass is 10.1. The maximum atomic E-state index is 12.0. The maximum Gasteiger partial charge on any atom is 0.247 e. The Bertz CT molecular complexity index is 251. The van der Waals surface area contributed by atoms with Gasteiger partial charge in [-0.15, -0.1) is 0 Å². The minimum Gasteiger partial charge on any atom is -0.358 e. The van der Waals surface area contributed by atoms with Gasteiger partial charge in [-0.3, -0.25) is 9.59 Å². The predicted molar refractivity (Wildman–Crippen MR) is 52.9 cm³/mol. The molecule has 2 rings (SSSR count). The van der Waals surface area contributed by atoms with E-state index in [1.165, 1.54) is 11.3 Å². The molecule has 0 aromatic heterocycles. The molecule has 15 heavy (non-hydrogen) atoms. The number of carbonyl (C=O) groups is 2. The fourth-order valence-electron chi connectivity index (χ4n) is 2.10. The Hall–Kier alpha value is -1.10. The van der Waals surface area contributed by atoms with E-state index in [2.05, 4.69) is 0 Å². The zero-order valence-corrected chi connectivity index (χ0v) is 8.72. The van der Waals surface area contributed by atoms with Gasteiger partial charge in [-0.05, 0) is 19.3 Å². The first-order valence-corrected chi connectivity index (χ1v) is 5.40. The van der Waals surface area contributed by atoms with E-state index in [-0.39, 0.29) is 18.7 Å². The molecule has 2 saturated heterocycles. The van der Waals surface area contributed by atoms with Crippen molar-refractivity contribution < 1.29 is 14.3 Å². The molecule has 0 aliphatic carbocycles. The van der Waals surface area contributed by atoms with E-state index in [0.717, 1.165) is 25.9 Å². The summed E-state index contributed by atoms with van der Waals surface area (Å²) in [7, 11) is 0. The largest absolute Gasteiger partial charge is 0.358 e. The Kier molecular flexibility index (Phi) is 3.20. The van der Waals surface area contributed by atoms with Crippen molar-refractivity contribution in [1.82, 2.24) is 9.80 Å². The third kappa shape index (κ3) is 2.12. The fourth-order valence-corrected chi connectivity index (χ4v) is 2.10. The van der Waals surface area contributed by atoms with Crippen molar-refractivity contribution in [3.63, 3.8) is 0 Å². The van der Waals surface area contributed by atoms with Crippen molar-refractivity contribution in [1.29, 1.82) is 0 Å². The van der Waals surface area contributed by atoms with Crippen LogP contribution in [0.1, 0.15) is 19.3 Å². The molecule has 5 heteroatoms. The predicted octanol–water partition coefficient (Wildman–Crippen LogP) is -0.186. The number of rotatable bonds is 2. The molecule has 0 bridgehead atoms. The third-order valence-corrected chi connectivity index (χ3v) is 3.00. The van der Waals surface area contributed by atoms with Crippen molar-refractivity contribution in [3.8, 4) is 0 Å². The van der Waals surface area contributed by atoms with Crippen LogP contribution in [0.5, 0.6) is 0 Å². The second-order valence-corrected chi connectivity index (χ2v) is 4.02. The highest BCUT2D eigenvalue weighted by atomic mass is 16.5. The lowest BCUT2D eigenvalue weighted by molar-refractivity contribution is -0.139. The van der Waals surface area contributed by atoms with Crippen LogP contribution >= 0.6 is 0 Å². The van der Waals surface area contributed by atoms with Gasteiger partial charge in [0.15, 0.2) is 0 Å². The molecule has 0 saturated carbocycles. The van der Waals surface area contributed by atoms with Crippen molar-refractivity contribution in [3.05, 3.63) is 0 Å². The van der Waals surface area contributed by atoms with Gasteiger partial charge in [0, 0.05) is 13.1 Å². The second-order valence-electron chi connectivity index (χ2n) is 4.02. The molecule has 0 N–H and O–H groups in total. The number of hydrogen-bond donors (Lipinski definition) is 0. The highest BCUT2D eigenvalue weighted by molar-refractivity contribution is 5.84. The highest BCUT2D eigenvalue weighted by Crippen LogP contribution is 2.15. The molecule has 0 radical (unpaired) electrons. The van der Waals surface area contributed by atoms with E-state index >= 15 is 0 Å². The molecule has 0 spiro atoms. The Morgan fingerprint density at radius 3 is 2.67 bits per heavy atom. The molecule has 84 valence electrons. The van der Waals surface area contributed by atoms with E-state index in [1.54, 1.807) is 0 Å². The number of ether oxygens (including phenoxy) is 1. The minimum atomic E-state index is -0.388. The van der Waals surface area contributed by atoms with Gasteiger partial charge in [0.2, 0.25) is 12.3 Å². The minimum absolute atomic E-state index is 0.0410. The van der Waals surface area contributed by atoms with E-state index in [4.69, 9.17) is 4.74 Å². The summed E-state index contributed by atoms with van der Waals surface area (Å²) in [6.07, 6.45) is 4.03.